The lowest BCUT2D eigenvalue weighted by Crippen LogP contribution is -2.49. The van der Waals surface area contributed by atoms with Crippen molar-refractivity contribution in [3.05, 3.63) is 82.2 Å². The van der Waals surface area contributed by atoms with Crippen molar-refractivity contribution in [2.24, 2.45) is 11.1 Å². The number of rotatable bonds is 3. The van der Waals surface area contributed by atoms with Crippen LogP contribution in [0.25, 0.3) is 0 Å². The number of hydrogen-bond donors (Lipinski definition) is 2. The van der Waals surface area contributed by atoms with Crippen molar-refractivity contribution in [3.8, 4) is 6.07 Å². The van der Waals surface area contributed by atoms with E-state index in [2.05, 4.69) is 11.5 Å². The molecule has 4 rings (SSSR count). The molecule has 1 aromatic heterocycles. The van der Waals surface area contributed by atoms with Crippen molar-refractivity contribution in [3.63, 3.8) is 0 Å². The number of carbonyl (C=O) groups excluding carboxylic acids is 2. The van der Waals surface area contributed by atoms with Crippen molar-refractivity contribution in [2.45, 2.75) is 39.5 Å². The van der Waals surface area contributed by atoms with Gasteiger partial charge in [0.25, 0.3) is 0 Å². The Hall–Kier alpha value is -3.79. The molecule has 0 bridgehead atoms. The molecule has 3 N–H and O–H groups in total. The smallest absolute Gasteiger partial charge is 0.305 e. The molecule has 0 radical (unpaired) electrons. The third kappa shape index (κ3) is 3.50. The van der Waals surface area contributed by atoms with Crippen LogP contribution >= 0.6 is 0 Å². The molecular weight excluding hydrogens is 392 g/mol. The summed E-state index contributed by atoms with van der Waals surface area (Å²) in [4.78, 5) is 26.1. The van der Waals surface area contributed by atoms with E-state index in [0.717, 1.165) is 11.1 Å². The van der Waals surface area contributed by atoms with Gasteiger partial charge >= 0.3 is 5.91 Å². The average Bonchev–Trinajstić information content (AvgIpc) is 3.24. The molecule has 2 heterocycles. The van der Waals surface area contributed by atoms with E-state index in [9.17, 15) is 14.9 Å². The Morgan fingerprint density at radius 2 is 2.00 bits per heavy atom. The fourth-order valence-electron chi connectivity index (χ4n) is 4.42. The summed E-state index contributed by atoms with van der Waals surface area (Å²) in [5.74, 6) is -0.906. The normalized spacial score (nSPS) is 20.4. The number of benzene rings is 1. The van der Waals surface area contributed by atoms with E-state index in [1.807, 2.05) is 45.0 Å². The maximum atomic E-state index is 13.4. The highest BCUT2D eigenvalue weighted by molar-refractivity contribution is 6.00. The summed E-state index contributed by atoms with van der Waals surface area (Å²) in [5, 5.41) is 11.4. The van der Waals surface area contributed by atoms with Crippen LogP contribution in [0.1, 0.15) is 54.3 Å². The number of hydrazine groups is 1. The number of allylic oxidation sites excluding steroid dienone is 3. The van der Waals surface area contributed by atoms with E-state index in [1.54, 1.807) is 6.07 Å². The van der Waals surface area contributed by atoms with Crippen molar-refractivity contribution >= 4 is 11.7 Å². The Bertz CT molecular complexity index is 1170. The maximum Gasteiger partial charge on any atom is 0.305 e. The Balaban J connectivity index is 1.90. The van der Waals surface area contributed by atoms with Gasteiger partial charge in [-0.2, -0.15) is 5.26 Å². The topological polar surface area (TPSA) is 112 Å². The zero-order chi connectivity index (χ0) is 22.3. The van der Waals surface area contributed by atoms with Gasteiger partial charge in [-0.25, -0.2) is 5.01 Å². The van der Waals surface area contributed by atoms with E-state index in [4.69, 9.17) is 10.2 Å². The third-order valence-corrected chi connectivity index (χ3v) is 5.84. The van der Waals surface area contributed by atoms with Gasteiger partial charge < -0.3 is 10.2 Å². The molecule has 1 amide bonds. The molecule has 1 aliphatic carbocycles. The number of furan rings is 1. The predicted octanol–water partition coefficient (Wildman–Crippen LogP) is 3.67. The van der Waals surface area contributed by atoms with Gasteiger partial charge in [-0.1, -0.05) is 38.1 Å². The van der Waals surface area contributed by atoms with Crippen LogP contribution in [0.15, 0.2) is 69.7 Å². The molecule has 31 heavy (non-hydrogen) atoms. The molecule has 1 aliphatic heterocycles. The van der Waals surface area contributed by atoms with E-state index in [-0.39, 0.29) is 28.4 Å². The van der Waals surface area contributed by atoms with Crippen molar-refractivity contribution in [1.29, 1.82) is 5.26 Å². The minimum Gasteiger partial charge on any atom is -0.459 e. The van der Waals surface area contributed by atoms with Crippen LogP contribution in [-0.2, 0) is 4.79 Å². The summed E-state index contributed by atoms with van der Waals surface area (Å²) in [6.07, 6.45) is 2.28. The first-order valence-electron chi connectivity index (χ1n) is 10.1. The maximum absolute atomic E-state index is 13.4. The molecule has 2 aromatic rings. The monoisotopic (exact) mass is 416 g/mol. The molecule has 2 aliphatic rings. The van der Waals surface area contributed by atoms with Gasteiger partial charge in [-0.3, -0.25) is 15.0 Å². The molecule has 7 heteroatoms. The van der Waals surface area contributed by atoms with Gasteiger partial charge in [0, 0.05) is 12.0 Å². The van der Waals surface area contributed by atoms with Gasteiger partial charge in [-0.15, -0.1) is 0 Å². The third-order valence-electron chi connectivity index (χ3n) is 5.84. The number of amides is 1. The second kappa shape index (κ2) is 7.47. The Morgan fingerprint density at radius 3 is 2.65 bits per heavy atom. The van der Waals surface area contributed by atoms with E-state index >= 15 is 0 Å². The highest BCUT2D eigenvalue weighted by Gasteiger charge is 2.45. The van der Waals surface area contributed by atoms with Gasteiger partial charge in [0.1, 0.15) is 5.82 Å². The lowest BCUT2D eigenvalue weighted by atomic mass is 9.68. The average molecular weight is 416 g/mol. The molecule has 1 aromatic carbocycles. The minimum atomic E-state index is -0.568. The lowest BCUT2D eigenvalue weighted by molar-refractivity contribution is -0.118. The number of Topliss-reactive ketones (excluding diaryl/α,β-unsaturated/α-hetero) is 1. The quantitative estimate of drug-likeness (QED) is 0.789. The molecule has 1 atom stereocenters. The van der Waals surface area contributed by atoms with Gasteiger partial charge in [-0.05, 0) is 42.0 Å². The van der Waals surface area contributed by atoms with Gasteiger partial charge in [0.2, 0.25) is 0 Å². The highest BCUT2D eigenvalue weighted by atomic mass is 16.3. The number of nitrogens with zero attached hydrogens (tertiary/aromatic N) is 2. The van der Waals surface area contributed by atoms with Crippen LogP contribution in [0, 0.1) is 23.7 Å². The Labute approximate surface area is 180 Å². The summed E-state index contributed by atoms with van der Waals surface area (Å²) < 4.78 is 5.19. The van der Waals surface area contributed by atoms with Crippen LogP contribution < -0.4 is 11.2 Å². The number of nitrogens with one attached hydrogen (secondary N) is 1. The second-order valence-corrected chi connectivity index (χ2v) is 8.76. The molecule has 1 unspecified atom stereocenters. The summed E-state index contributed by atoms with van der Waals surface area (Å²) >= 11 is 0. The van der Waals surface area contributed by atoms with Crippen LogP contribution in [0.3, 0.4) is 0 Å². The first kappa shape index (κ1) is 20.5. The summed E-state index contributed by atoms with van der Waals surface area (Å²) in [5.41, 5.74) is 12.1. The minimum absolute atomic E-state index is 0.0444. The Morgan fingerprint density at radius 1 is 1.26 bits per heavy atom. The fourth-order valence-corrected chi connectivity index (χ4v) is 4.42. The number of aryl methyl sites for hydroxylation is 1. The van der Waals surface area contributed by atoms with E-state index < -0.39 is 11.8 Å². The number of nitriles is 1. The highest BCUT2D eigenvalue weighted by Crippen LogP contribution is 2.48. The van der Waals surface area contributed by atoms with Crippen LogP contribution in [0.2, 0.25) is 0 Å². The van der Waals surface area contributed by atoms with Gasteiger partial charge in [0.05, 0.1) is 29.5 Å². The van der Waals surface area contributed by atoms with Crippen molar-refractivity contribution in [1.82, 2.24) is 10.4 Å². The largest absolute Gasteiger partial charge is 0.459 e. The Kier molecular flexibility index (Phi) is 4.94. The SMILES string of the molecule is Cc1ccccc1C1C(C#N)=C(N)N(NC(=O)c2ccco2)C2=C1C(=O)CC(C)(C)C2. The first-order valence-corrected chi connectivity index (χ1v) is 10.1. The number of ketones is 1. The first-order chi connectivity index (χ1) is 14.7. The number of nitrogens with two attached hydrogens (primary N) is 1. The standard InChI is InChI=1S/C24H24N4O3/c1-14-7-4-5-8-15(14)20-16(13-25)22(26)28(27-23(30)19-9-6-10-31-19)17-11-24(2,3)12-18(29)21(17)20/h4-10,20H,11-12,26H2,1-3H3,(H,27,30). The van der Waals surface area contributed by atoms with Crippen LogP contribution in [0.4, 0.5) is 0 Å². The second-order valence-electron chi connectivity index (χ2n) is 8.76. The van der Waals surface area contributed by atoms with E-state index in [1.165, 1.54) is 17.3 Å². The molecule has 7 nitrogen and oxygen atoms in total. The fraction of sp³-hybridized carbons (Fsp3) is 0.292. The predicted molar refractivity (Wildman–Crippen MR) is 114 cm³/mol. The number of carbonyl (C=O) groups is 2. The zero-order valence-corrected chi connectivity index (χ0v) is 17.7. The van der Waals surface area contributed by atoms with Crippen LogP contribution in [-0.4, -0.2) is 16.7 Å². The van der Waals surface area contributed by atoms with E-state index in [0.29, 0.717) is 24.1 Å². The van der Waals surface area contributed by atoms with Crippen LogP contribution in [0.5, 0.6) is 0 Å². The molecule has 158 valence electrons. The van der Waals surface area contributed by atoms with Gasteiger partial charge in [0.15, 0.2) is 11.5 Å². The van der Waals surface area contributed by atoms with Crippen molar-refractivity contribution in [2.75, 3.05) is 0 Å². The molecule has 0 saturated carbocycles. The molecular formula is C24H24N4O3. The molecule has 0 fully saturated rings. The lowest BCUT2D eigenvalue weighted by Gasteiger charge is -2.43. The summed E-state index contributed by atoms with van der Waals surface area (Å²) in [7, 11) is 0. The number of hydrogen-bond acceptors (Lipinski definition) is 6. The summed E-state index contributed by atoms with van der Waals surface area (Å²) in [6, 6.07) is 13.0. The molecule has 0 saturated heterocycles. The molecule has 0 spiro atoms. The summed E-state index contributed by atoms with van der Waals surface area (Å²) in [6.45, 7) is 5.95. The van der Waals surface area contributed by atoms with Crippen molar-refractivity contribution < 1.29 is 14.0 Å². The zero-order valence-electron chi connectivity index (χ0n) is 17.7.